The summed E-state index contributed by atoms with van der Waals surface area (Å²) in [5.41, 5.74) is 2.26. The van der Waals surface area contributed by atoms with Gasteiger partial charge in [0.05, 0.1) is 0 Å². The van der Waals surface area contributed by atoms with E-state index in [1.807, 2.05) is 47.2 Å². The molecule has 2 aromatic heterocycles. The molecule has 0 bridgehead atoms. The van der Waals surface area contributed by atoms with Gasteiger partial charge in [0.2, 0.25) is 5.91 Å². The Morgan fingerprint density at radius 2 is 1.96 bits per heavy atom. The maximum atomic E-state index is 12.8. The van der Waals surface area contributed by atoms with Gasteiger partial charge in [0.25, 0.3) is 5.91 Å². The first-order chi connectivity index (χ1) is 13.1. The number of likely N-dealkylation sites (tertiary alicyclic amines) is 2. The highest BCUT2D eigenvalue weighted by Crippen LogP contribution is 2.40. The Kier molecular flexibility index (Phi) is 4.64. The molecule has 2 aliphatic heterocycles. The topological polar surface area (TPSA) is 66.4 Å². The quantitative estimate of drug-likeness (QED) is 0.840. The molecule has 2 amide bonds. The van der Waals surface area contributed by atoms with Crippen molar-refractivity contribution in [2.75, 3.05) is 13.1 Å². The first kappa shape index (κ1) is 17.6. The second-order valence-corrected chi connectivity index (χ2v) is 7.52. The monoisotopic (exact) mass is 364 g/mol. The van der Waals surface area contributed by atoms with Crippen LogP contribution >= 0.6 is 0 Å². The minimum absolute atomic E-state index is 0.0170. The molecule has 2 aliphatic rings. The second-order valence-electron chi connectivity index (χ2n) is 7.52. The molecular formula is C21H24N4O2. The molecule has 0 saturated carbocycles. The van der Waals surface area contributed by atoms with Crippen LogP contribution in [0.25, 0.3) is 0 Å². The summed E-state index contributed by atoms with van der Waals surface area (Å²) < 4.78 is 0. The van der Waals surface area contributed by atoms with E-state index in [1.165, 1.54) is 0 Å². The summed E-state index contributed by atoms with van der Waals surface area (Å²) >= 11 is 0. The van der Waals surface area contributed by atoms with Crippen LogP contribution in [0.3, 0.4) is 0 Å². The van der Waals surface area contributed by atoms with Gasteiger partial charge in [-0.2, -0.15) is 0 Å². The van der Waals surface area contributed by atoms with Crippen LogP contribution in [0.1, 0.15) is 47.4 Å². The van der Waals surface area contributed by atoms with Crippen molar-refractivity contribution in [1.82, 2.24) is 19.8 Å². The molecule has 0 atom stereocenters. The number of hydrogen-bond donors (Lipinski definition) is 0. The van der Waals surface area contributed by atoms with E-state index in [9.17, 15) is 9.59 Å². The normalized spacial score (nSPS) is 18.9. The Balaban J connectivity index is 1.46. The third-order valence-electron chi connectivity index (χ3n) is 5.83. The fourth-order valence-electron chi connectivity index (χ4n) is 4.27. The first-order valence-corrected chi connectivity index (χ1v) is 9.50. The zero-order valence-corrected chi connectivity index (χ0v) is 15.6. The Labute approximate surface area is 159 Å². The molecule has 0 aliphatic carbocycles. The summed E-state index contributed by atoms with van der Waals surface area (Å²) in [6.07, 6.45) is 6.66. The van der Waals surface area contributed by atoms with Crippen LogP contribution in [-0.2, 0) is 11.3 Å². The molecule has 1 spiro atoms. The lowest BCUT2D eigenvalue weighted by molar-refractivity contribution is -0.133. The van der Waals surface area contributed by atoms with Crippen LogP contribution in [0.2, 0.25) is 0 Å². The molecule has 0 radical (unpaired) electrons. The molecule has 0 unspecified atom stereocenters. The number of amides is 2. The Hall–Kier alpha value is -2.76. The second kappa shape index (κ2) is 7.10. The number of pyridine rings is 2. The highest BCUT2D eigenvalue weighted by molar-refractivity contribution is 5.92. The number of rotatable bonds is 3. The van der Waals surface area contributed by atoms with Crippen LogP contribution < -0.4 is 0 Å². The minimum Gasteiger partial charge on any atom is -0.337 e. The van der Waals surface area contributed by atoms with E-state index >= 15 is 0 Å². The van der Waals surface area contributed by atoms with E-state index in [0.717, 1.165) is 30.5 Å². The number of carbonyl (C=O) groups excluding carboxylic acids is 2. The van der Waals surface area contributed by atoms with Crippen molar-refractivity contribution in [2.45, 2.75) is 44.7 Å². The average molecular weight is 364 g/mol. The van der Waals surface area contributed by atoms with Gasteiger partial charge in [-0.25, -0.2) is 4.98 Å². The van der Waals surface area contributed by atoms with Crippen LogP contribution in [-0.4, -0.2) is 50.2 Å². The van der Waals surface area contributed by atoms with E-state index in [0.29, 0.717) is 31.7 Å². The molecule has 4 heterocycles. The standard InChI is InChI=1S/C21H24N4O2/c1-16-4-2-6-18(23-16)20(27)24-12-9-21(10-13-24)8-7-19(26)25(21)15-17-5-3-11-22-14-17/h2-6,11,14H,7-10,12-13,15H2,1H3. The van der Waals surface area contributed by atoms with Gasteiger partial charge in [-0.1, -0.05) is 12.1 Å². The molecule has 2 fully saturated rings. The predicted octanol–water partition coefficient (Wildman–Crippen LogP) is 2.58. The summed E-state index contributed by atoms with van der Waals surface area (Å²) in [5.74, 6) is 0.190. The largest absolute Gasteiger partial charge is 0.337 e. The highest BCUT2D eigenvalue weighted by atomic mass is 16.2. The zero-order chi connectivity index (χ0) is 18.9. The van der Waals surface area contributed by atoms with Crippen LogP contribution in [0.5, 0.6) is 0 Å². The zero-order valence-electron chi connectivity index (χ0n) is 15.6. The van der Waals surface area contributed by atoms with Crippen molar-refractivity contribution in [3.05, 3.63) is 59.7 Å². The minimum atomic E-state index is -0.135. The molecule has 2 aromatic rings. The summed E-state index contributed by atoms with van der Waals surface area (Å²) in [5, 5.41) is 0. The Bertz CT molecular complexity index is 844. The molecule has 4 rings (SSSR count). The molecule has 0 N–H and O–H groups in total. The number of nitrogens with zero attached hydrogens (tertiary/aromatic N) is 4. The maximum absolute atomic E-state index is 12.8. The van der Waals surface area contributed by atoms with Gasteiger partial charge in [-0.05, 0) is 49.9 Å². The van der Waals surface area contributed by atoms with Gasteiger partial charge in [-0.15, -0.1) is 0 Å². The molecule has 6 heteroatoms. The van der Waals surface area contributed by atoms with E-state index in [4.69, 9.17) is 0 Å². The van der Waals surface area contributed by atoms with E-state index in [2.05, 4.69) is 9.97 Å². The average Bonchev–Trinajstić information content (AvgIpc) is 2.99. The SMILES string of the molecule is Cc1cccc(C(=O)N2CCC3(CCC(=O)N3Cc3cccnc3)CC2)n1. The smallest absolute Gasteiger partial charge is 0.272 e. The fourth-order valence-corrected chi connectivity index (χ4v) is 4.27. The van der Waals surface area contributed by atoms with Crippen LogP contribution in [0.15, 0.2) is 42.7 Å². The molecule has 0 aromatic carbocycles. The number of aromatic nitrogens is 2. The van der Waals surface area contributed by atoms with Gasteiger partial charge in [0.15, 0.2) is 0 Å². The lowest BCUT2D eigenvalue weighted by atomic mass is 9.84. The van der Waals surface area contributed by atoms with E-state index < -0.39 is 0 Å². The number of carbonyl (C=O) groups is 2. The van der Waals surface area contributed by atoms with Gasteiger partial charge in [0.1, 0.15) is 5.69 Å². The highest BCUT2D eigenvalue weighted by Gasteiger charge is 2.47. The number of aryl methyl sites for hydroxylation is 1. The first-order valence-electron chi connectivity index (χ1n) is 9.50. The maximum Gasteiger partial charge on any atom is 0.272 e. The summed E-state index contributed by atoms with van der Waals surface area (Å²) in [7, 11) is 0. The van der Waals surface area contributed by atoms with Gasteiger partial charge >= 0.3 is 0 Å². The lowest BCUT2D eigenvalue weighted by Gasteiger charge is -2.45. The van der Waals surface area contributed by atoms with Crippen molar-refractivity contribution in [3.8, 4) is 0 Å². The fraction of sp³-hybridized carbons (Fsp3) is 0.429. The van der Waals surface area contributed by atoms with Crippen LogP contribution in [0, 0.1) is 6.92 Å². The number of hydrogen-bond acceptors (Lipinski definition) is 4. The van der Waals surface area contributed by atoms with Crippen molar-refractivity contribution >= 4 is 11.8 Å². The third kappa shape index (κ3) is 3.44. The van der Waals surface area contributed by atoms with Crippen molar-refractivity contribution in [2.24, 2.45) is 0 Å². The van der Waals surface area contributed by atoms with Crippen molar-refractivity contribution < 1.29 is 9.59 Å². The summed E-state index contributed by atoms with van der Waals surface area (Å²) in [6, 6.07) is 9.44. The Morgan fingerprint density at radius 1 is 1.15 bits per heavy atom. The van der Waals surface area contributed by atoms with E-state index in [-0.39, 0.29) is 17.4 Å². The van der Waals surface area contributed by atoms with Gasteiger partial charge < -0.3 is 9.80 Å². The molecular weight excluding hydrogens is 340 g/mol. The van der Waals surface area contributed by atoms with Crippen molar-refractivity contribution in [1.29, 1.82) is 0 Å². The lowest BCUT2D eigenvalue weighted by Crippen LogP contribution is -2.53. The third-order valence-corrected chi connectivity index (χ3v) is 5.83. The summed E-state index contributed by atoms with van der Waals surface area (Å²) in [4.78, 5) is 37.7. The van der Waals surface area contributed by atoms with Crippen LogP contribution in [0.4, 0.5) is 0 Å². The van der Waals surface area contributed by atoms with Gasteiger partial charge in [0, 0.05) is 49.7 Å². The summed E-state index contributed by atoms with van der Waals surface area (Å²) in [6.45, 7) is 3.80. The molecule has 140 valence electrons. The van der Waals surface area contributed by atoms with Gasteiger partial charge in [-0.3, -0.25) is 14.6 Å². The molecule has 2 saturated heterocycles. The Morgan fingerprint density at radius 3 is 2.67 bits per heavy atom. The van der Waals surface area contributed by atoms with Crippen molar-refractivity contribution in [3.63, 3.8) is 0 Å². The predicted molar refractivity (Wildman–Crippen MR) is 101 cm³/mol. The molecule has 6 nitrogen and oxygen atoms in total. The van der Waals surface area contributed by atoms with E-state index in [1.54, 1.807) is 12.3 Å². The number of piperidine rings is 1. The molecule has 27 heavy (non-hydrogen) atoms.